The smallest absolute Gasteiger partial charge is 0.326 e. The summed E-state index contributed by atoms with van der Waals surface area (Å²) in [7, 11) is 0. The van der Waals surface area contributed by atoms with Crippen molar-refractivity contribution in [3.8, 4) is 0 Å². The van der Waals surface area contributed by atoms with E-state index in [0.717, 1.165) is 18.4 Å². The lowest BCUT2D eigenvalue weighted by Crippen LogP contribution is -2.39. The molecular formula is C27H31N3O6. The molecular weight excluding hydrogens is 462 g/mol. The number of ether oxygens (including phenoxy) is 2. The van der Waals surface area contributed by atoms with E-state index >= 15 is 0 Å². The number of hydrogen-bond acceptors (Lipinski definition) is 7. The van der Waals surface area contributed by atoms with Gasteiger partial charge in [0.15, 0.2) is 6.61 Å². The molecule has 0 N–H and O–H groups in total. The first-order valence-electron chi connectivity index (χ1n) is 12.1. The fourth-order valence-corrected chi connectivity index (χ4v) is 3.73. The van der Waals surface area contributed by atoms with Gasteiger partial charge in [-0.25, -0.2) is 4.98 Å². The number of nitrogens with zero attached hydrogens (tertiary/aromatic N) is 3. The maximum absolute atomic E-state index is 13.0. The predicted molar refractivity (Wildman–Crippen MR) is 136 cm³/mol. The molecule has 2 aromatic carbocycles. The zero-order valence-electron chi connectivity index (χ0n) is 20.6. The number of hydrogen-bond donors (Lipinski definition) is 0. The normalized spacial score (nSPS) is 10.7. The van der Waals surface area contributed by atoms with Crippen LogP contribution in [0.3, 0.4) is 0 Å². The number of aryl methyl sites for hydroxylation is 2. The summed E-state index contributed by atoms with van der Waals surface area (Å²) in [5, 5.41) is 0. The van der Waals surface area contributed by atoms with E-state index in [0.29, 0.717) is 17.7 Å². The third-order valence-corrected chi connectivity index (χ3v) is 5.54. The second-order valence-corrected chi connectivity index (χ2v) is 8.14. The van der Waals surface area contributed by atoms with Crippen LogP contribution in [0.5, 0.6) is 0 Å². The third kappa shape index (κ3) is 7.00. The van der Waals surface area contributed by atoms with Gasteiger partial charge in [0, 0.05) is 18.7 Å². The molecule has 3 rings (SSSR count). The maximum atomic E-state index is 13.0. The minimum Gasteiger partial charge on any atom is -0.465 e. The van der Waals surface area contributed by atoms with Crippen LogP contribution < -0.4 is 10.5 Å². The average molecular weight is 494 g/mol. The molecule has 0 atom stereocenters. The Balaban J connectivity index is 1.65. The Labute approximate surface area is 209 Å². The van der Waals surface area contributed by atoms with Crippen molar-refractivity contribution in [2.45, 2.75) is 46.1 Å². The molecule has 3 aromatic rings. The summed E-state index contributed by atoms with van der Waals surface area (Å²) in [4.78, 5) is 55.9. The Morgan fingerprint density at radius 3 is 2.39 bits per heavy atom. The molecule has 9 nitrogen and oxygen atoms in total. The summed E-state index contributed by atoms with van der Waals surface area (Å²) in [6.07, 6.45) is 1.77. The monoisotopic (exact) mass is 493 g/mol. The molecule has 1 heterocycles. The van der Waals surface area contributed by atoms with E-state index in [1.807, 2.05) is 24.3 Å². The highest BCUT2D eigenvalue weighted by molar-refractivity contribution is 5.99. The minimum absolute atomic E-state index is 0.0913. The highest BCUT2D eigenvalue weighted by atomic mass is 16.5. The second-order valence-electron chi connectivity index (χ2n) is 8.14. The van der Waals surface area contributed by atoms with Gasteiger partial charge in [-0.1, -0.05) is 43.7 Å². The van der Waals surface area contributed by atoms with Gasteiger partial charge in [-0.3, -0.25) is 24.1 Å². The van der Waals surface area contributed by atoms with E-state index < -0.39 is 24.5 Å². The van der Waals surface area contributed by atoms with Gasteiger partial charge < -0.3 is 14.0 Å². The van der Waals surface area contributed by atoms with Crippen molar-refractivity contribution in [2.75, 3.05) is 24.7 Å². The molecule has 1 amide bonds. The first-order valence-corrected chi connectivity index (χ1v) is 12.1. The minimum atomic E-state index is -0.637. The molecule has 0 bridgehead atoms. The lowest BCUT2D eigenvalue weighted by molar-refractivity contribution is -0.148. The molecule has 190 valence electrons. The molecule has 0 saturated carbocycles. The van der Waals surface area contributed by atoms with Crippen molar-refractivity contribution in [3.05, 3.63) is 70.6 Å². The Morgan fingerprint density at radius 2 is 1.67 bits per heavy atom. The number of anilines is 1. The van der Waals surface area contributed by atoms with Crippen LogP contribution in [0.2, 0.25) is 0 Å². The topological polar surface area (TPSA) is 108 Å². The molecule has 0 saturated heterocycles. The van der Waals surface area contributed by atoms with E-state index in [4.69, 9.17) is 9.47 Å². The molecule has 0 aliphatic rings. The van der Waals surface area contributed by atoms with E-state index in [9.17, 15) is 19.2 Å². The quantitative estimate of drug-likeness (QED) is 0.356. The van der Waals surface area contributed by atoms with Gasteiger partial charge in [-0.05, 0) is 37.6 Å². The maximum Gasteiger partial charge on any atom is 0.326 e. The number of aromatic nitrogens is 2. The summed E-state index contributed by atoms with van der Waals surface area (Å²) < 4.78 is 11.8. The number of unbranched alkanes of at least 4 members (excludes halogenated alkanes) is 1. The van der Waals surface area contributed by atoms with Crippen LogP contribution >= 0.6 is 0 Å². The van der Waals surface area contributed by atoms with Crippen LogP contribution in [0.4, 0.5) is 5.69 Å². The Bertz CT molecular complexity index is 1260. The molecule has 0 fully saturated rings. The van der Waals surface area contributed by atoms with Gasteiger partial charge in [0.2, 0.25) is 0 Å². The standard InChI is InChI=1S/C27H31N3O6/c1-3-5-17-29-23-14-10-9-13-21(23)28-22(27(29)34)15-16-25(32)36-19-24(31)30(18-26(33)35-4-2)20-11-7-6-8-12-20/h6-14H,3-5,15-19H2,1-2H3. The van der Waals surface area contributed by atoms with E-state index in [2.05, 4.69) is 11.9 Å². The number of benzene rings is 2. The molecule has 0 unspecified atom stereocenters. The summed E-state index contributed by atoms with van der Waals surface area (Å²) in [6, 6.07) is 16.0. The number of amides is 1. The van der Waals surface area contributed by atoms with E-state index in [1.165, 1.54) is 4.90 Å². The molecule has 0 aliphatic heterocycles. The number of esters is 2. The van der Waals surface area contributed by atoms with E-state index in [-0.39, 0.29) is 37.2 Å². The van der Waals surface area contributed by atoms with Crippen LogP contribution in [-0.2, 0) is 36.8 Å². The Kier molecular flexibility index (Phi) is 9.73. The van der Waals surface area contributed by atoms with Crippen molar-refractivity contribution in [2.24, 2.45) is 0 Å². The molecule has 0 radical (unpaired) electrons. The lowest BCUT2D eigenvalue weighted by atomic mass is 10.2. The third-order valence-electron chi connectivity index (χ3n) is 5.54. The van der Waals surface area contributed by atoms with Gasteiger partial charge in [-0.15, -0.1) is 0 Å². The van der Waals surface area contributed by atoms with Crippen molar-refractivity contribution in [3.63, 3.8) is 0 Å². The second kappa shape index (κ2) is 13.2. The average Bonchev–Trinajstić information content (AvgIpc) is 2.89. The number of carbonyl (C=O) groups is 3. The van der Waals surface area contributed by atoms with Gasteiger partial charge in [-0.2, -0.15) is 0 Å². The van der Waals surface area contributed by atoms with Crippen molar-refractivity contribution in [1.82, 2.24) is 9.55 Å². The lowest BCUT2D eigenvalue weighted by Gasteiger charge is -2.21. The molecule has 0 spiro atoms. The zero-order valence-corrected chi connectivity index (χ0v) is 20.6. The fourth-order valence-electron chi connectivity index (χ4n) is 3.73. The number of rotatable bonds is 12. The highest BCUT2D eigenvalue weighted by Crippen LogP contribution is 2.15. The van der Waals surface area contributed by atoms with Crippen molar-refractivity contribution < 1.29 is 23.9 Å². The van der Waals surface area contributed by atoms with Crippen LogP contribution in [0.1, 0.15) is 38.8 Å². The Morgan fingerprint density at radius 1 is 0.944 bits per heavy atom. The summed E-state index contributed by atoms with van der Waals surface area (Å²) >= 11 is 0. The van der Waals surface area contributed by atoms with Gasteiger partial charge >= 0.3 is 11.9 Å². The first-order chi connectivity index (χ1) is 17.4. The zero-order chi connectivity index (χ0) is 25.9. The highest BCUT2D eigenvalue weighted by Gasteiger charge is 2.21. The Hall–Kier alpha value is -4.01. The fraction of sp³-hybridized carbons (Fsp3) is 0.370. The number of carbonyl (C=O) groups excluding carboxylic acids is 3. The number of fused-ring (bicyclic) bond motifs is 1. The molecule has 9 heteroatoms. The van der Waals surface area contributed by atoms with Crippen LogP contribution in [0.15, 0.2) is 59.4 Å². The van der Waals surface area contributed by atoms with Crippen molar-refractivity contribution in [1.29, 1.82) is 0 Å². The van der Waals surface area contributed by atoms with Gasteiger partial charge in [0.1, 0.15) is 12.2 Å². The van der Waals surface area contributed by atoms with E-state index in [1.54, 1.807) is 41.8 Å². The van der Waals surface area contributed by atoms with Crippen molar-refractivity contribution >= 4 is 34.6 Å². The van der Waals surface area contributed by atoms with Crippen LogP contribution in [0.25, 0.3) is 11.0 Å². The number of para-hydroxylation sites is 3. The molecule has 36 heavy (non-hydrogen) atoms. The van der Waals surface area contributed by atoms with Crippen LogP contribution in [0, 0.1) is 0 Å². The largest absolute Gasteiger partial charge is 0.465 e. The van der Waals surface area contributed by atoms with Crippen LogP contribution in [-0.4, -0.2) is 47.2 Å². The predicted octanol–water partition coefficient (Wildman–Crippen LogP) is 3.27. The molecule has 0 aliphatic carbocycles. The summed E-state index contributed by atoms with van der Waals surface area (Å²) in [5.74, 6) is -1.77. The summed E-state index contributed by atoms with van der Waals surface area (Å²) in [5.41, 5.74) is 1.98. The molecule has 1 aromatic heterocycles. The van der Waals surface area contributed by atoms with Gasteiger partial charge in [0.05, 0.1) is 24.1 Å². The van der Waals surface area contributed by atoms with Gasteiger partial charge in [0.25, 0.3) is 11.5 Å². The SMILES string of the molecule is CCCCn1c(=O)c(CCC(=O)OCC(=O)N(CC(=O)OCC)c2ccccc2)nc2ccccc21. The first kappa shape index (κ1) is 26.6. The summed E-state index contributed by atoms with van der Waals surface area (Å²) in [6.45, 7) is 3.65.